The molecule has 1 N–H and O–H groups in total. The van der Waals surface area contributed by atoms with Gasteiger partial charge in [0.2, 0.25) is 5.78 Å². The summed E-state index contributed by atoms with van der Waals surface area (Å²) < 4.78 is 10.7. The van der Waals surface area contributed by atoms with Crippen LogP contribution in [-0.4, -0.2) is 54.5 Å². The largest absolute Gasteiger partial charge is 0.497 e. The van der Waals surface area contributed by atoms with Gasteiger partial charge in [-0.05, 0) is 68.2 Å². The third-order valence-electron chi connectivity index (χ3n) is 6.47. The summed E-state index contributed by atoms with van der Waals surface area (Å²) in [6.45, 7) is 5.62. The van der Waals surface area contributed by atoms with E-state index in [9.17, 15) is 19.5 Å². The molecule has 172 valence electrons. The van der Waals surface area contributed by atoms with Crippen LogP contribution in [0.1, 0.15) is 58.4 Å². The first-order valence-electron chi connectivity index (χ1n) is 10.9. The second-order valence-electron chi connectivity index (χ2n) is 8.82. The van der Waals surface area contributed by atoms with Gasteiger partial charge in [-0.2, -0.15) is 0 Å². The number of carboxylic acids is 1. The number of methoxy groups -OCH3 is 2. The summed E-state index contributed by atoms with van der Waals surface area (Å²) in [7, 11) is 3.23. The van der Waals surface area contributed by atoms with Crippen molar-refractivity contribution < 1.29 is 29.0 Å². The minimum atomic E-state index is -1.04. The number of piperidine rings is 1. The van der Waals surface area contributed by atoms with Gasteiger partial charge in [0, 0.05) is 12.0 Å². The zero-order valence-electron chi connectivity index (χ0n) is 19.3. The highest BCUT2D eigenvalue weighted by Crippen LogP contribution is 2.32. The Kier molecular flexibility index (Phi) is 8.48. The number of Topliss-reactive ketones (excluding diaryl/α,β-unsaturated/α-hetero) is 1. The van der Waals surface area contributed by atoms with Gasteiger partial charge in [0.25, 0.3) is 5.91 Å². The van der Waals surface area contributed by atoms with Crippen molar-refractivity contribution in [3.63, 3.8) is 0 Å². The predicted molar refractivity (Wildman–Crippen MR) is 117 cm³/mol. The highest BCUT2D eigenvalue weighted by atomic mass is 16.5. The lowest BCUT2D eigenvalue weighted by atomic mass is 9.81. The van der Waals surface area contributed by atoms with Crippen LogP contribution in [-0.2, 0) is 20.8 Å². The molecule has 2 rings (SSSR count). The highest BCUT2D eigenvalue weighted by Gasteiger charge is 2.43. The number of amides is 1. The first-order valence-corrected chi connectivity index (χ1v) is 10.9. The van der Waals surface area contributed by atoms with Crippen LogP contribution < -0.4 is 9.47 Å². The number of rotatable bonds is 10. The van der Waals surface area contributed by atoms with Crippen molar-refractivity contribution in [1.29, 1.82) is 0 Å². The number of aliphatic carboxylic acids is 1. The van der Waals surface area contributed by atoms with Gasteiger partial charge >= 0.3 is 5.97 Å². The summed E-state index contributed by atoms with van der Waals surface area (Å²) in [5.74, 6) is -0.904. The average molecular weight is 434 g/mol. The Morgan fingerprint density at radius 2 is 1.90 bits per heavy atom. The number of carboxylic acid groups (broad SMARTS) is 1. The molecular formula is C24H35NO6. The Hall–Kier alpha value is -2.57. The van der Waals surface area contributed by atoms with Gasteiger partial charge in [0.15, 0.2) is 0 Å². The number of carbonyl (C=O) groups excluding carboxylic acids is 2. The number of hydrogen-bond acceptors (Lipinski definition) is 5. The van der Waals surface area contributed by atoms with E-state index in [1.165, 1.54) is 4.90 Å². The molecule has 1 aromatic carbocycles. The molecule has 1 fully saturated rings. The van der Waals surface area contributed by atoms with Gasteiger partial charge in [-0.1, -0.05) is 20.8 Å². The SMILES string of the molecule is CCC(C)(C)C(=O)C(=O)N1CCCC(CCCc2cc(OC)ccc2OC)C1C(=O)O. The molecule has 2 unspecified atom stereocenters. The maximum absolute atomic E-state index is 12.9. The van der Waals surface area contributed by atoms with Gasteiger partial charge in [-0.3, -0.25) is 9.59 Å². The molecule has 0 saturated carbocycles. The van der Waals surface area contributed by atoms with Gasteiger partial charge in [0.05, 0.1) is 14.2 Å². The summed E-state index contributed by atoms with van der Waals surface area (Å²) in [4.78, 5) is 39.0. The Bertz CT molecular complexity index is 803. The lowest BCUT2D eigenvalue weighted by molar-refractivity contribution is -0.160. The van der Waals surface area contributed by atoms with E-state index in [0.717, 1.165) is 29.9 Å². The van der Waals surface area contributed by atoms with E-state index in [4.69, 9.17) is 9.47 Å². The van der Waals surface area contributed by atoms with Crippen LogP contribution in [0.2, 0.25) is 0 Å². The number of ketones is 1. The van der Waals surface area contributed by atoms with Crippen molar-refractivity contribution in [3.8, 4) is 11.5 Å². The second-order valence-corrected chi connectivity index (χ2v) is 8.82. The molecule has 0 aliphatic carbocycles. The van der Waals surface area contributed by atoms with E-state index < -0.39 is 29.1 Å². The van der Waals surface area contributed by atoms with Crippen molar-refractivity contribution in [1.82, 2.24) is 4.90 Å². The van der Waals surface area contributed by atoms with Crippen molar-refractivity contribution in [2.24, 2.45) is 11.3 Å². The maximum atomic E-state index is 12.9. The highest BCUT2D eigenvalue weighted by molar-refractivity contribution is 6.38. The molecule has 0 radical (unpaired) electrons. The van der Waals surface area contributed by atoms with Crippen LogP contribution in [0.15, 0.2) is 18.2 Å². The molecule has 1 heterocycles. The summed E-state index contributed by atoms with van der Waals surface area (Å²) in [5.41, 5.74) is 0.202. The molecule has 0 spiro atoms. The van der Waals surface area contributed by atoms with Crippen LogP contribution >= 0.6 is 0 Å². The zero-order valence-corrected chi connectivity index (χ0v) is 19.3. The number of aryl methyl sites for hydroxylation is 1. The fourth-order valence-corrected chi connectivity index (χ4v) is 4.15. The van der Waals surface area contributed by atoms with Crippen LogP contribution in [0.5, 0.6) is 11.5 Å². The third-order valence-corrected chi connectivity index (χ3v) is 6.47. The van der Waals surface area contributed by atoms with E-state index in [-0.39, 0.29) is 5.92 Å². The molecule has 1 aliphatic heterocycles. The maximum Gasteiger partial charge on any atom is 0.326 e. The first kappa shape index (κ1) is 24.7. The molecule has 7 heteroatoms. The molecule has 31 heavy (non-hydrogen) atoms. The lowest BCUT2D eigenvalue weighted by Gasteiger charge is -2.39. The van der Waals surface area contributed by atoms with E-state index in [1.807, 2.05) is 25.1 Å². The Labute approximate surface area is 184 Å². The second kappa shape index (κ2) is 10.6. The van der Waals surface area contributed by atoms with Crippen molar-refractivity contribution in [3.05, 3.63) is 23.8 Å². The first-order chi connectivity index (χ1) is 14.7. The number of ether oxygens (including phenoxy) is 2. The number of hydrogen-bond donors (Lipinski definition) is 1. The monoisotopic (exact) mass is 433 g/mol. The molecule has 1 aliphatic rings. The number of carbonyl (C=O) groups is 3. The minimum Gasteiger partial charge on any atom is -0.497 e. The average Bonchev–Trinajstić information content (AvgIpc) is 2.77. The minimum absolute atomic E-state index is 0.190. The Morgan fingerprint density at radius 3 is 2.48 bits per heavy atom. The zero-order chi connectivity index (χ0) is 23.2. The number of nitrogens with zero attached hydrogens (tertiary/aromatic N) is 1. The van der Waals surface area contributed by atoms with Crippen LogP contribution in [0.4, 0.5) is 0 Å². The fraction of sp³-hybridized carbons (Fsp3) is 0.625. The summed E-state index contributed by atoms with van der Waals surface area (Å²) in [6, 6.07) is 4.65. The molecule has 7 nitrogen and oxygen atoms in total. The Balaban J connectivity index is 2.11. The molecule has 2 atom stereocenters. The van der Waals surface area contributed by atoms with E-state index in [0.29, 0.717) is 32.2 Å². The molecular weight excluding hydrogens is 398 g/mol. The Morgan fingerprint density at radius 1 is 1.19 bits per heavy atom. The number of likely N-dealkylation sites (tertiary alicyclic amines) is 1. The quantitative estimate of drug-likeness (QED) is 0.565. The van der Waals surface area contributed by atoms with E-state index in [2.05, 4.69) is 0 Å². The van der Waals surface area contributed by atoms with Crippen LogP contribution in [0.3, 0.4) is 0 Å². The van der Waals surface area contributed by atoms with Crippen LogP contribution in [0, 0.1) is 11.3 Å². The standard InChI is InChI=1S/C24H35NO6/c1-6-24(2,3)21(26)22(27)25-14-8-11-16(20(25)23(28)29)9-7-10-17-15-18(30-4)12-13-19(17)31-5/h12-13,15-16,20H,6-11,14H2,1-5H3,(H,28,29). The van der Waals surface area contributed by atoms with E-state index >= 15 is 0 Å². The molecule has 1 amide bonds. The smallest absolute Gasteiger partial charge is 0.326 e. The number of benzene rings is 1. The topological polar surface area (TPSA) is 93.1 Å². The normalized spacial score (nSPS) is 19.1. The van der Waals surface area contributed by atoms with Gasteiger partial charge in [0.1, 0.15) is 17.5 Å². The van der Waals surface area contributed by atoms with Gasteiger partial charge < -0.3 is 19.5 Å². The van der Waals surface area contributed by atoms with Crippen molar-refractivity contribution in [2.75, 3.05) is 20.8 Å². The van der Waals surface area contributed by atoms with E-state index in [1.54, 1.807) is 28.1 Å². The molecule has 1 aromatic rings. The fourth-order valence-electron chi connectivity index (χ4n) is 4.15. The van der Waals surface area contributed by atoms with Gasteiger partial charge in [-0.25, -0.2) is 4.79 Å². The van der Waals surface area contributed by atoms with Gasteiger partial charge in [-0.15, -0.1) is 0 Å². The van der Waals surface area contributed by atoms with Crippen LogP contribution in [0.25, 0.3) is 0 Å². The summed E-state index contributed by atoms with van der Waals surface area (Å²) in [5, 5.41) is 9.89. The molecule has 1 saturated heterocycles. The van der Waals surface area contributed by atoms with Crippen molar-refractivity contribution >= 4 is 17.7 Å². The van der Waals surface area contributed by atoms with Crippen molar-refractivity contribution in [2.45, 2.75) is 65.3 Å². The molecule has 0 aromatic heterocycles. The third kappa shape index (κ3) is 5.77. The lowest BCUT2D eigenvalue weighted by Crippen LogP contribution is -2.56. The summed E-state index contributed by atoms with van der Waals surface area (Å²) in [6.07, 6.45) is 4.04. The predicted octanol–water partition coefficient (Wildman–Crippen LogP) is 3.72. The molecule has 0 bridgehead atoms. The summed E-state index contributed by atoms with van der Waals surface area (Å²) >= 11 is 0.